The van der Waals surface area contributed by atoms with E-state index in [2.05, 4.69) is 48.4 Å². The number of carbonyl (C=O) groups excluding carboxylic acids is 1. The summed E-state index contributed by atoms with van der Waals surface area (Å²) in [6.07, 6.45) is 8.75. The van der Waals surface area contributed by atoms with Crippen LogP contribution in [0.1, 0.15) is 60.9 Å². The molecule has 36 heavy (non-hydrogen) atoms. The van der Waals surface area contributed by atoms with Crippen LogP contribution in [0.2, 0.25) is 0 Å². The second kappa shape index (κ2) is 11.3. The topological polar surface area (TPSA) is 64.1 Å². The number of unbranched alkanes of at least 4 members (excludes halogenated alkanes) is 2. The minimum atomic E-state index is 0.289. The van der Waals surface area contributed by atoms with E-state index >= 15 is 0 Å². The number of pyridine rings is 1. The number of Topliss-reactive ketones (excluding diaryl/α,β-unsaturated/α-hetero) is 1. The lowest BCUT2D eigenvalue weighted by Crippen LogP contribution is -2.35. The van der Waals surface area contributed by atoms with Crippen molar-refractivity contribution in [2.45, 2.75) is 64.5 Å². The SMILES string of the molecule is COCCCCCC(=O)Cc1sc2c(c1-c1nc3ccc(-c4cccnc4)cc3s1)CC(C)NC2C. The Hall–Kier alpha value is -2.45. The Labute approximate surface area is 221 Å². The number of thiazole rings is 1. The van der Waals surface area contributed by atoms with Crippen LogP contribution in [0.25, 0.3) is 31.9 Å². The largest absolute Gasteiger partial charge is 0.385 e. The first-order valence-electron chi connectivity index (χ1n) is 12.8. The standard InChI is InChI=1S/C29H33N3O2S2/c1-18-14-23-27(26(35-28(23)19(2)31-18)16-22(33)9-5-4-6-13-34-3)29-32-24-11-10-20(15-25(24)36-29)21-8-7-12-30-17-21/h7-8,10-12,15,17-19,31H,4-6,9,13-14,16H2,1-3H3. The van der Waals surface area contributed by atoms with Crippen LogP contribution in [0.4, 0.5) is 0 Å². The van der Waals surface area contributed by atoms with Crippen LogP contribution >= 0.6 is 22.7 Å². The molecule has 1 aliphatic rings. The molecule has 0 radical (unpaired) electrons. The number of thiophene rings is 1. The summed E-state index contributed by atoms with van der Waals surface area (Å²) in [5.74, 6) is 0.320. The molecule has 7 heteroatoms. The van der Waals surface area contributed by atoms with Gasteiger partial charge in [0.2, 0.25) is 0 Å². The molecular weight excluding hydrogens is 486 g/mol. The maximum absolute atomic E-state index is 13.0. The van der Waals surface area contributed by atoms with Crippen molar-refractivity contribution in [3.05, 3.63) is 58.0 Å². The molecule has 5 rings (SSSR count). The Morgan fingerprint density at radius 1 is 1.14 bits per heavy atom. The van der Waals surface area contributed by atoms with Gasteiger partial charge in [-0.05, 0) is 62.4 Å². The number of benzene rings is 1. The fourth-order valence-corrected chi connectivity index (χ4v) is 7.63. The number of nitrogens with zero attached hydrogens (tertiary/aromatic N) is 2. The lowest BCUT2D eigenvalue weighted by Gasteiger charge is -2.26. The van der Waals surface area contributed by atoms with Gasteiger partial charge in [0.05, 0.1) is 10.2 Å². The molecule has 1 N–H and O–H groups in total. The molecule has 5 nitrogen and oxygen atoms in total. The fourth-order valence-electron chi connectivity index (χ4n) is 5.09. The van der Waals surface area contributed by atoms with E-state index in [1.54, 1.807) is 24.6 Å². The minimum Gasteiger partial charge on any atom is -0.385 e. The van der Waals surface area contributed by atoms with Crippen LogP contribution in [0.15, 0.2) is 42.7 Å². The van der Waals surface area contributed by atoms with E-state index in [0.717, 1.165) is 58.6 Å². The third kappa shape index (κ3) is 5.44. The average Bonchev–Trinajstić information content (AvgIpc) is 3.44. The molecule has 0 amide bonds. The number of hydrogen-bond donors (Lipinski definition) is 1. The van der Waals surface area contributed by atoms with Crippen LogP contribution in [0, 0.1) is 0 Å². The maximum atomic E-state index is 13.0. The molecule has 0 saturated carbocycles. The van der Waals surface area contributed by atoms with Crippen molar-refractivity contribution < 1.29 is 9.53 Å². The lowest BCUT2D eigenvalue weighted by molar-refractivity contribution is -0.118. The molecule has 0 fully saturated rings. The number of nitrogens with one attached hydrogen (secondary N) is 1. The van der Waals surface area contributed by atoms with Gasteiger partial charge in [0, 0.05) is 71.9 Å². The zero-order chi connectivity index (χ0) is 25.1. The highest BCUT2D eigenvalue weighted by molar-refractivity contribution is 7.22. The van der Waals surface area contributed by atoms with E-state index in [0.29, 0.717) is 24.7 Å². The van der Waals surface area contributed by atoms with Crippen molar-refractivity contribution in [3.8, 4) is 21.7 Å². The Morgan fingerprint density at radius 2 is 2.03 bits per heavy atom. The summed E-state index contributed by atoms with van der Waals surface area (Å²) in [5, 5.41) is 4.71. The predicted octanol–water partition coefficient (Wildman–Crippen LogP) is 7.00. The maximum Gasteiger partial charge on any atom is 0.138 e. The number of hydrogen-bond acceptors (Lipinski definition) is 7. The predicted molar refractivity (Wildman–Crippen MR) is 150 cm³/mol. The number of fused-ring (bicyclic) bond motifs is 2. The van der Waals surface area contributed by atoms with E-state index in [1.807, 2.05) is 23.6 Å². The summed E-state index contributed by atoms with van der Waals surface area (Å²) in [5.41, 5.74) is 5.86. The molecule has 0 saturated heterocycles. The molecule has 2 unspecified atom stereocenters. The molecule has 0 bridgehead atoms. The van der Waals surface area contributed by atoms with E-state index in [-0.39, 0.29) is 6.04 Å². The highest BCUT2D eigenvalue weighted by Gasteiger charge is 2.30. The monoisotopic (exact) mass is 519 g/mol. The van der Waals surface area contributed by atoms with Crippen LogP contribution in [-0.2, 0) is 22.4 Å². The summed E-state index contributed by atoms with van der Waals surface area (Å²) >= 11 is 3.54. The van der Waals surface area contributed by atoms with E-state index in [1.165, 1.54) is 20.9 Å². The summed E-state index contributed by atoms with van der Waals surface area (Å²) in [7, 11) is 1.73. The van der Waals surface area contributed by atoms with Crippen LogP contribution in [0.3, 0.4) is 0 Å². The first kappa shape index (κ1) is 25.2. The van der Waals surface area contributed by atoms with Gasteiger partial charge in [0.15, 0.2) is 0 Å². The average molecular weight is 520 g/mol. The van der Waals surface area contributed by atoms with Crippen molar-refractivity contribution in [3.63, 3.8) is 0 Å². The minimum absolute atomic E-state index is 0.289. The Bertz CT molecular complexity index is 1350. The molecule has 188 valence electrons. The molecule has 1 aliphatic heterocycles. The second-order valence-corrected chi connectivity index (χ2v) is 11.9. The van der Waals surface area contributed by atoms with Crippen LogP contribution in [0.5, 0.6) is 0 Å². The highest BCUT2D eigenvalue weighted by Crippen LogP contribution is 2.45. The molecule has 2 atom stereocenters. The first-order chi connectivity index (χ1) is 17.5. The van der Waals surface area contributed by atoms with Gasteiger partial charge in [-0.3, -0.25) is 9.78 Å². The van der Waals surface area contributed by atoms with Gasteiger partial charge in [-0.1, -0.05) is 18.6 Å². The van der Waals surface area contributed by atoms with Gasteiger partial charge >= 0.3 is 0 Å². The molecule has 3 aromatic heterocycles. The van der Waals surface area contributed by atoms with Gasteiger partial charge in [-0.25, -0.2) is 4.98 Å². The second-order valence-electron chi connectivity index (χ2n) is 9.70. The normalized spacial score (nSPS) is 17.4. The van der Waals surface area contributed by atoms with Crippen molar-refractivity contribution in [2.24, 2.45) is 0 Å². The fraction of sp³-hybridized carbons (Fsp3) is 0.414. The molecule has 4 heterocycles. The Kier molecular flexibility index (Phi) is 7.91. The smallest absolute Gasteiger partial charge is 0.138 e. The Balaban J connectivity index is 1.47. The van der Waals surface area contributed by atoms with Crippen LogP contribution < -0.4 is 5.32 Å². The molecule has 0 spiro atoms. The molecular formula is C29H33N3O2S2. The number of carbonyl (C=O) groups is 1. The van der Waals surface area contributed by atoms with Gasteiger partial charge in [0.1, 0.15) is 10.8 Å². The molecule has 4 aromatic rings. The number of methoxy groups -OCH3 is 1. The number of rotatable bonds is 10. The zero-order valence-electron chi connectivity index (χ0n) is 21.2. The van der Waals surface area contributed by atoms with Gasteiger partial charge < -0.3 is 10.1 Å². The third-order valence-electron chi connectivity index (χ3n) is 6.81. The van der Waals surface area contributed by atoms with Crippen molar-refractivity contribution in [1.82, 2.24) is 15.3 Å². The van der Waals surface area contributed by atoms with Gasteiger partial charge in [-0.15, -0.1) is 22.7 Å². The van der Waals surface area contributed by atoms with Gasteiger partial charge in [0.25, 0.3) is 0 Å². The quantitative estimate of drug-likeness (QED) is 0.229. The summed E-state index contributed by atoms with van der Waals surface area (Å²) in [4.78, 5) is 24.9. The zero-order valence-corrected chi connectivity index (χ0v) is 22.8. The molecule has 1 aromatic carbocycles. The van der Waals surface area contributed by atoms with E-state index < -0.39 is 0 Å². The van der Waals surface area contributed by atoms with Crippen molar-refractivity contribution in [1.29, 1.82) is 0 Å². The Morgan fingerprint density at radius 3 is 2.83 bits per heavy atom. The summed E-state index contributed by atoms with van der Waals surface area (Å²) in [6, 6.07) is 11.2. The highest BCUT2D eigenvalue weighted by atomic mass is 32.1. The number of aromatic nitrogens is 2. The first-order valence-corrected chi connectivity index (χ1v) is 14.4. The number of ketones is 1. The van der Waals surface area contributed by atoms with Crippen LogP contribution in [-0.4, -0.2) is 35.5 Å². The third-order valence-corrected chi connectivity index (χ3v) is 9.26. The van der Waals surface area contributed by atoms with Crippen molar-refractivity contribution in [2.75, 3.05) is 13.7 Å². The molecule has 0 aliphatic carbocycles. The van der Waals surface area contributed by atoms with Crippen molar-refractivity contribution >= 4 is 38.7 Å². The van der Waals surface area contributed by atoms with Gasteiger partial charge in [-0.2, -0.15) is 0 Å². The number of ether oxygens (including phenoxy) is 1. The summed E-state index contributed by atoms with van der Waals surface area (Å²) < 4.78 is 6.30. The van der Waals surface area contributed by atoms with E-state index in [9.17, 15) is 4.79 Å². The lowest BCUT2D eigenvalue weighted by atomic mass is 9.94. The summed E-state index contributed by atoms with van der Waals surface area (Å²) in [6.45, 7) is 5.23. The van der Waals surface area contributed by atoms with E-state index in [4.69, 9.17) is 9.72 Å².